The minimum absolute atomic E-state index is 0.840. The molecule has 3 nitrogen and oxygen atoms in total. The van der Waals surface area contributed by atoms with Gasteiger partial charge in [0.25, 0.3) is 0 Å². The predicted molar refractivity (Wildman–Crippen MR) is 64.2 cm³/mol. The number of ether oxygens (including phenoxy) is 1. The highest BCUT2D eigenvalue weighted by molar-refractivity contribution is 4.70. The van der Waals surface area contributed by atoms with Gasteiger partial charge in [0.15, 0.2) is 0 Å². The summed E-state index contributed by atoms with van der Waals surface area (Å²) in [5, 5.41) is 0. The van der Waals surface area contributed by atoms with Crippen LogP contribution in [0.4, 0.5) is 0 Å². The van der Waals surface area contributed by atoms with Crippen molar-refractivity contribution in [2.24, 2.45) is 5.92 Å². The molecule has 3 heteroatoms. The Balaban J connectivity index is 2.07. The highest BCUT2D eigenvalue weighted by Gasteiger charge is 2.15. The van der Waals surface area contributed by atoms with E-state index in [0.717, 1.165) is 25.6 Å². The average molecular weight is 214 g/mol. The number of methoxy groups -OCH3 is 1. The van der Waals surface area contributed by atoms with E-state index in [1.54, 1.807) is 7.11 Å². The monoisotopic (exact) mass is 214 g/mol. The molecule has 90 valence electrons. The van der Waals surface area contributed by atoms with Crippen LogP contribution in [0.5, 0.6) is 0 Å². The summed E-state index contributed by atoms with van der Waals surface area (Å²) >= 11 is 0. The van der Waals surface area contributed by atoms with Crippen LogP contribution >= 0.6 is 0 Å². The highest BCUT2D eigenvalue weighted by Crippen LogP contribution is 2.14. The van der Waals surface area contributed by atoms with Crippen molar-refractivity contribution in [2.45, 2.75) is 19.8 Å². The Hall–Kier alpha value is -0.120. The van der Waals surface area contributed by atoms with Crippen LogP contribution in [0, 0.1) is 5.92 Å². The smallest absolute Gasteiger partial charge is 0.0589 e. The molecule has 1 aliphatic heterocycles. The molecule has 15 heavy (non-hydrogen) atoms. The molecule has 0 radical (unpaired) electrons. The summed E-state index contributed by atoms with van der Waals surface area (Å²) < 4.78 is 5.07. The molecule has 0 amide bonds. The molecule has 0 aliphatic carbocycles. The number of likely N-dealkylation sites (N-methyl/N-ethyl adjacent to an activating group) is 1. The standard InChI is InChI=1S/C12H26N2O/c1-12-5-4-6-14(11-12)8-7-13(2)9-10-15-3/h12H,4-11H2,1-3H3. The van der Waals surface area contributed by atoms with Gasteiger partial charge in [-0.15, -0.1) is 0 Å². The van der Waals surface area contributed by atoms with Gasteiger partial charge in [-0.05, 0) is 32.4 Å². The Bertz CT molecular complexity index is 164. The predicted octanol–water partition coefficient (Wildman–Crippen LogP) is 1.30. The number of hydrogen-bond acceptors (Lipinski definition) is 3. The lowest BCUT2D eigenvalue weighted by atomic mass is 10.0. The van der Waals surface area contributed by atoms with E-state index in [2.05, 4.69) is 23.8 Å². The largest absolute Gasteiger partial charge is 0.383 e. The molecule has 0 saturated carbocycles. The molecule has 1 saturated heterocycles. The lowest BCUT2D eigenvalue weighted by Crippen LogP contribution is -2.39. The van der Waals surface area contributed by atoms with Crippen LogP contribution in [0.15, 0.2) is 0 Å². The minimum atomic E-state index is 0.840. The van der Waals surface area contributed by atoms with Gasteiger partial charge in [-0.1, -0.05) is 6.92 Å². The first kappa shape index (κ1) is 12.9. The number of hydrogen-bond donors (Lipinski definition) is 0. The normalized spacial score (nSPS) is 23.6. The first-order valence-corrected chi connectivity index (χ1v) is 6.12. The Kier molecular flexibility index (Phi) is 6.22. The van der Waals surface area contributed by atoms with Crippen molar-refractivity contribution in [1.29, 1.82) is 0 Å². The third-order valence-electron chi connectivity index (χ3n) is 3.22. The molecule has 1 heterocycles. The van der Waals surface area contributed by atoms with Gasteiger partial charge in [0.1, 0.15) is 0 Å². The fraction of sp³-hybridized carbons (Fsp3) is 1.00. The third-order valence-corrected chi connectivity index (χ3v) is 3.22. The van der Waals surface area contributed by atoms with Gasteiger partial charge in [-0.2, -0.15) is 0 Å². The molecular formula is C12H26N2O. The van der Waals surface area contributed by atoms with Crippen molar-refractivity contribution in [3.05, 3.63) is 0 Å². The Morgan fingerprint density at radius 2 is 2.20 bits per heavy atom. The second kappa shape index (κ2) is 7.20. The molecule has 1 fully saturated rings. The number of likely N-dealkylation sites (tertiary alicyclic amines) is 1. The second-order valence-corrected chi connectivity index (χ2v) is 4.84. The third kappa shape index (κ3) is 5.50. The van der Waals surface area contributed by atoms with Crippen molar-refractivity contribution >= 4 is 0 Å². The summed E-state index contributed by atoms with van der Waals surface area (Å²) in [6, 6.07) is 0. The van der Waals surface area contributed by atoms with Gasteiger partial charge in [0.05, 0.1) is 6.61 Å². The first-order valence-electron chi connectivity index (χ1n) is 6.12. The van der Waals surface area contributed by atoms with Crippen LogP contribution < -0.4 is 0 Å². The fourth-order valence-electron chi connectivity index (χ4n) is 2.16. The van der Waals surface area contributed by atoms with Crippen LogP contribution in [-0.4, -0.2) is 63.3 Å². The van der Waals surface area contributed by atoms with Gasteiger partial charge in [-0.25, -0.2) is 0 Å². The lowest BCUT2D eigenvalue weighted by Gasteiger charge is -2.32. The van der Waals surface area contributed by atoms with Crippen LogP contribution in [-0.2, 0) is 4.74 Å². The van der Waals surface area contributed by atoms with Gasteiger partial charge >= 0.3 is 0 Å². The van der Waals surface area contributed by atoms with Crippen LogP contribution in [0.1, 0.15) is 19.8 Å². The summed E-state index contributed by atoms with van der Waals surface area (Å²) in [5.41, 5.74) is 0. The quantitative estimate of drug-likeness (QED) is 0.663. The van der Waals surface area contributed by atoms with Crippen molar-refractivity contribution in [3.63, 3.8) is 0 Å². The Morgan fingerprint density at radius 3 is 2.87 bits per heavy atom. The van der Waals surface area contributed by atoms with E-state index in [0.29, 0.717) is 0 Å². The van der Waals surface area contributed by atoms with E-state index < -0.39 is 0 Å². The van der Waals surface area contributed by atoms with Crippen LogP contribution in [0.2, 0.25) is 0 Å². The molecule has 0 aromatic carbocycles. The second-order valence-electron chi connectivity index (χ2n) is 4.84. The Labute approximate surface area is 94.4 Å². The SMILES string of the molecule is COCCN(C)CCN1CCCC(C)C1. The Morgan fingerprint density at radius 1 is 1.40 bits per heavy atom. The van der Waals surface area contributed by atoms with Crippen LogP contribution in [0.3, 0.4) is 0 Å². The first-order chi connectivity index (χ1) is 7.22. The summed E-state index contributed by atoms with van der Waals surface area (Å²) in [5.74, 6) is 0.892. The van der Waals surface area contributed by atoms with E-state index in [1.165, 1.54) is 32.5 Å². The van der Waals surface area contributed by atoms with Crippen molar-refractivity contribution < 1.29 is 4.74 Å². The van der Waals surface area contributed by atoms with Gasteiger partial charge in [0.2, 0.25) is 0 Å². The van der Waals surface area contributed by atoms with E-state index in [4.69, 9.17) is 4.74 Å². The van der Waals surface area contributed by atoms with Crippen LogP contribution in [0.25, 0.3) is 0 Å². The molecule has 0 aromatic heterocycles. The fourth-order valence-corrected chi connectivity index (χ4v) is 2.16. The molecular weight excluding hydrogens is 188 g/mol. The van der Waals surface area contributed by atoms with E-state index in [1.807, 2.05) is 0 Å². The molecule has 1 atom stereocenters. The average Bonchev–Trinajstić information content (AvgIpc) is 2.23. The number of rotatable bonds is 6. The maximum atomic E-state index is 5.07. The van der Waals surface area contributed by atoms with E-state index in [9.17, 15) is 0 Å². The topological polar surface area (TPSA) is 15.7 Å². The van der Waals surface area contributed by atoms with Crippen molar-refractivity contribution in [1.82, 2.24) is 9.80 Å². The van der Waals surface area contributed by atoms with Gasteiger partial charge in [-0.3, -0.25) is 0 Å². The summed E-state index contributed by atoms with van der Waals surface area (Å²) in [6.07, 6.45) is 2.79. The number of piperidine rings is 1. The minimum Gasteiger partial charge on any atom is -0.383 e. The zero-order valence-electron chi connectivity index (χ0n) is 10.5. The molecule has 0 spiro atoms. The summed E-state index contributed by atoms with van der Waals surface area (Å²) in [7, 11) is 3.94. The van der Waals surface area contributed by atoms with Crippen molar-refractivity contribution in [2.75, 3.05) is 53.5 Å². The maximum Gasteiger partial charge on any atom is 0.0589 e. The van der Waals surface area contributed by atoms with E-state index in [-0.39, 0.29) is 0 Å². The lowest BCUT2D eigenvalue weighted by molar-refractivity contribution is 0.135. The van der Waals surface area contributed by atoms with Crippen molar-refractivity contribution in [3.8, 4) is 0 Å². The zero-order valence-corrected chi connectivity index (χ0v) is 10.5. The highest BCUT2D eigenvalue weighted by atomic mass is 16.5. The van der Waals surface area contributed by atoms with E-state index >= 15 is 0 Å². The van der Waals surface area contributed by atoms with Gasteiger partial charge in [0, 0.05) is 33.3 Å². The molecule has 1 rings (SSSR count). The summed E-state index contributed by atoms with van der Waals surface area (Å²) in [6.45, 7) is 9.20. The molecule has 0 aromatic rings. The molecule has 1 aliphatic rings. The van der Waals surface area contributed by atoms with Gasteiger partial charge < -0.3 is 14.5 Å². The number of nitrogens with zero attached hydrogens (tertiary/aromatic N) is 2. The molecule has 0 N–H and O–H groups in total. The maximum absolute atomic E-state index is 5.07. The molecule has 0 bridgehead atoms. The molecule has 1 unspecified atom stereocenters. The summed E-state index contributed by atoms with van der Waals surface area (Å²) in [4.78, 5) is 4.94. The zero-order chi connectivity index (χ0) is 11.1.